The van der Waals surface area contributed by atoms with Crippen LogP contribution in [0.5, 0.6) is 0 Å². The third-order valence-electron chi connectivity index (χ3n) is 3.34. The second-order valence-electron chi connectivity index (χ2n) is 4.97. The summed E-state index contributed by atoms with van der Waals surface area (Å²) in [5, 5.41) is 11.8. The number of hydrogen-bond acceptors (Lipinski definition) is 4. The zero-order valence-corrected chi connectivity index (χ0v) is 10.1. The number of rotatable bonds is 4. The third-order valence-corrected chi connectivity index (χ3v) is 3.34. The summed E-state index contributed by atoms with van der Waals surface area (Å²) in [4.78, 5) is 26.2. The van der Waals surface area contributed by atoms with Crippen molar-refractivity contribution in [1.29, 1.82) is 0 Å². The molecule has 0 spiro atoms. The number of aliphatic hydroxyl groups excluding tert-OH is 1. The molecule has 2 aliphatic rings. The molecule has 6 nitrogen and oxygen atoms in total. The summed E-state index contributed by atoms with van der Waals surface area (Å²) in [7, 11) is 1.87. The van der Waals surface area contributed by atoms with Crippen molar-refractivity contribution in [2.75, 3.05) is 33.2 Å². The molecule has 0 unspecified atom stereocenters. The van der Waals surface area contributed by atoms with Gasteiger partial charge in [0.1, 0.15) is 0 Å². The Kier molecular flexibility index (Phi) is 3.63. The van der Waals surface area contributed by atoms with Gasteiger partial charge >= 0.3 is 6.03 Å². The molecule has 17 heavy (non-hydrogen) atoms. The van der Waals surface area contributed by atoms with Crippen molar-refractivity contribution < 1.29 is 14.7 Å². The highest BCUT2D eigenvalue weighted by Gasteiger charge is 2.30. The average Bonchev–Trinajstić information content (AvgIpc) is 2.62. The fourth-order valence-electron chi connectivity index (χ4n) is 2.38. The van der Waals surface area contributed by atoms with Crippen LogP contribution < -0.4 is 5.32 Å². The molecule has 0 aromatic carbocycles. The topological polar surface area (TPSA) is 72.9 Å². The molecule has 6 heteroatoms. The minimum absolute atomic E-state index is 0.151. The van der Waals surface area contributed by atoms with E-state index in [1.807, 2.05) is 11.9 Å². The van der Waals surface area contributed by atoms with Crippen LogP contribution in [-0.4, -0.2) is 66.2 Å². The third kappa shape index (κ3) is 2.95. The number of carbonyl (C=O) groups excluding carboxylic acids is 2. The van der Waals surface area contributed by atoms with Gasteiger partial charge in [-0.05, 0) is 25.8 Å². The van der Waals surface area contributed by atoms with Crippen LogP contribution in [0.2, 0.25) is 0 Å². The first-order chi connectivity index (χ1) is 8.06. The number of aliphatic hydroxyl groups is 1. The molecule has 2 rings (SSSR count). The van der Waals surface area contributed by atoms with E-state index in [9.17, 15) is 14.7 Å². The number of imide groups is 1. The van der Waals surface area contributed by atoms with E-state index in [1.165, 1.54) is 4.90 Å². The van der Waals surface area contributed by atoms with Crippen LogP contribution in [0.15, 0.2) is 0 Å². The number of amides is 3. The lowest BCUT2D eigenvalue weighted by molar-refractivity contribution is -0.128. The van der Waals surface area contributed by atoms with Crippen molar-refractivity contribution in [3.63, 3.8) is 0 Å². The Bertz CT molecular complexity index is 315. The highest BCUT2D eigenvalue weighted by Crippen LogP contribution is 2.27. The van der Waals surface area contributed by atoms with Gasteiger partial charge in [0.25, 0.3) is 0 Å². The fourth-order valence-corrected chi connectivity index (χ4v) is 2.38. The Labute approximate surface area is 101 Å². The van der Waals surface area contributed by atoms with E-state index >= 15 is 0 Å². The molecule has 2 N–H and O–H groups in total. The first-order valence-electron chi connectivity index (χ1n) is 6.01. The first kappa shape index (κ1) is 12.3. The molecule has 0 atom stereocenters. The lowest BCUT2D eigenvalue weighted by Gasteiger charge is -2.34. The van der Waals surface area contributed by atoms with Crippen LogP contribution in [0.1, 0.15) is 12.8 Å². The molecule has 1 aliphatic carbocycles. The maximum absolute atomic E-state index is 11.8. The smallest absolute Gasteiger partial charge is 0.324 e. The Hall–Kier alpha value is -1.14. The van der Waals surface area contributed by atoms with E-state index in [-0.39, 0.29) is 24.6 Å². The van der Waals surface area contributed by atoms with Gasteiger partial charge in [0.15, 0.2) is 0 Å². The number of carbonyl (C=O) groups is 2. The summed E-state index contributed by atoms with van der Waals surface area (Å²) in [5.74, 6) is 0.331. The molecule has 96 valence electrons. The lowest BCUT2D eigenvalue weighted by atomic mass is 9.82. The molecule has 1 saturated heterocycles. The Morgan fingerprint density at radius 3 is 2.82 bits per heavy atom. The summed E-state index contributed by atoms with van der Waals surface area (Å²) in [6, 6.07) is -0.289. The van der Waals surface area contributed by atoms with Crippen LogP contribution >= 0.6 is 0 Å². The summed E-state index contributed by atoms with van der Waals surface area (Å²) in [6.07, 6.45) is 1.49. The molecule has 3 amide bonds. The molecule has 2 fully saturated rings. The Morgan fingerprint density at radius 1 is 1.59 bits per heavy atom. The molecular formula is C11H19N3O3. The van der Waals surface area contributed by atoms with Gasteiger partial charge in [0.05, 0.1) is 12.6 Å². The van der Waals surface area contributed by atoms with E-state index in [2.05, 4.69) is 5.32 Å². The molecular weight excluding hydrogens is 222 g/mol. The average molecular weight is 241 g/mol. The quantitative estimate of drug-likeness (QED) is 0.678. The molecule has 0 radical (unpaired) electrons. The number of likely N-dealkylation sites (N-methyl/N-ethyl adjacent to an activating group) is 1. The summed E-state index contributed by atoms with van der Waals surface area (Å²) in [6.45, 7) is 2.08. The molecule has 1 saturated carbocycles. The van der Waals surface area contributed by atoms with Crippen LogP contribution in [0.3, 0.4) is 0 Å². The fraction of sp³-hybridized carbons (Fsp3) is 0.818. The van der Waals surface area contributed by atoms with Crippen LogP contribution in [0, 0.1) is 5.92 Å². The largest absolute Gasteiger partial charge is 0.393 e. The number of urea groups is 1. The zero-order valence-electron chi connectivity index (χ0n) is 10.1. The SMILES string of the molecule is CN(CC(=O)N1CCNC1=O)CC1CC(O)C1. The lowest BCUT2D eigenvalue weighted by Crippen LogP contribution is -2.44. The Morgan fingerprint density at radius 2 is 2.29 bits per heavy atom. The van der Waals surface area contributed by atoms with E-state index in [4.69, 9.17) is 0 Å². The zero-order chi connectivity index (χ0) is 12.4. The van der Waals surface area contributed by atoms with Gasteiger partial charge in [-0.3, -0.25) is 14.6 Å². The maximum Gasteiger partial charge on any atom is 0.324 e. The standard InChI is InChI=1S/C11H19N3O3/c1-13(6-8-4-9(15)5-8)7-10(16)14-3-2-12-11(14)17/h8-9,15H,2-7H2,1H3,(H,12,17). The van der Waals surface area contributed by atoms with E-state index in [1.54, 1.807) is 0 Å². The normalized spacial score (nSPS) is 28.2. The number of nitrogens with one attached hydrogen (secondary N) is 1. The molecule has 0 aromatic rings. The summed E-state index contributed by atoms with van der Waals surface area (Å²) >= 11 is 0. The van der Waals surface area contributed by atoms with Gasteiger partial charge in [0.2, 0.25) is 5.91 Å². The molecule has 0 bridgehead atoms. The van der Waals surface area contributed by atoms with Crippen molar-refractivity contribution in [3.05, 3.63) is 0 Å². The van der Waals surface area contributed by atoms with Crippen molar-refractivity contribution in [3.8, 4) is 0 Å². The minimum atomic E-state index is -0.289. The molecule has 1 aliphatic heterocycles. The van der Waals surface area contributed by atoms with E-state index < -0.39 is 0 Å². The van der Waals surface area contributed by atoms with Crippen molar-refractivity contribution >= 4 is 11.9 Å². The Balaban J connectivity index is 1.72. The highest BCUT2D eigenvalue weighted by molar-refractivity contribution is 5.96. The minimum Gasteiger partial charge on any atom is -0.393 e. The van der Waals surface area contributed by atoms with Gasteiger partial charge in [-0.25, -0.2) is 4.79 Å². The first-order valence-corrected chi connectivity index (χ1v) is 6.01. The summed E-state index contributed by atoms with van der Waals surface area (Å²) < 4.78 is 0. The van der Waals surface area contributed by atoms with E-state index in [0.29, 0.717) is 19.0 Å². The second kappa shape index (κ2) is 5.01. The van der Waals surface area contributed by atoms with Gasteiger partial charge < -0.3 is 10.4 Å². The van der Waals surface area contributed by atoms with Gasteiger partial charge in [-0.2, -0.15) is 0 Å². The van der Waals surface area contributed by atoms with Gasteiger partial charge in [-0.15, -0.1) is 0 Å². The predicted molar refractivity (Wildman–Crippen MR) is 61.3 cm³/mol. The maximum atomic E-state index is 11.8. The van der Waals surface area contributed by atoms with Crippen molar-refractivity contribution in [2.24, 2.45) is 5.92 Å². The van der Waals surface area contributed by atoms with Gasteiger partial charge in [-0.1, -0.05) is 0 Å². The van der Waals surface area contributed by atoms with Gasteiger partial charge in [0, 0.05) is 19.6 Å². The monoisotopic (exact) mass is 241 g/mol. The van der Waals surface area contributed by atoms with Crippen LogP contribution in [0.25, 0.3) is 0 Å². The molecule has 1 heterocycles. The predicted octanol–water partition coefficient (Wildman–Crippen LogP) is -0.759. The number of nitrogens with zero attached hydrogens (tertiary/aromatic N) is 2. The van der Waals surface area contributed by atoms with Crippen molar-refractivity contribution in [2.45, 2.75) is 18.9 Å². The highest BCUT2D eigenvalue weighted by atomic mass is 16.3. The van der Waals surface area contributed by atoms with Crippen molar-refractivity contribution in [1.82, 2.24) is 15.1 Å². The second-order valence-corrected chi connectivity index (χ2v) is 4.97. The summed E-state index contributed by atoms with van der Waals surface area (Å²) in [5.41, 5.74) is 0. The number of hydrogen-bond donors (Lipinski definition) is 2. The van der Waals surface area contributed by atoms with E-state index in [0.717, 1.165) is 19.4 Å². The molecule has 0 aromatic heterocycles. The van der Waals surface area contributed by atoms with Crippen LogP contribution in [0.4, 0.5) is 4.79 Å². The van der Waals surface area contributed by atoms with Crippen LogP contribution in [-0.2, 0) is 4.79 Å².